The maximum atomic E-state index is 11.5. The van der Waals surface area contributed by atoms with Crippen molar-refractivity contribution in [1.82, 2.24) is 4.90 Å². The van der Waals surface area contributed by atoms with E-state index in [4.69, 9.17) is 10.8 Å². The lowest BCUT2D eigenvalue weighted by Crippen LogP contribution is -2.27. The molecule has 1 unspecified atom stereocenters. The summed E-state index contributed by atoms with van der Waals surface area (Å²) in [6.45, 7) is 1.78. The van der Waals surface area contributed by atoms with Gasteiger partial charge < -0.3 is 15.7 Å². The van der Waals surface area contributed by atoms with E-state index in [1.807, 2.05) is 0 Å². The number of nitrogens with zero attached hydrogens (tertiary/aromatic N) is 1. The molecule has 1 fully saturated rings. The van der Waals surface area contributed by atoms with Crippen LogP contribution < -0.4 is 5.73 Å². The van der Waals surface area contributed by atoms with E-state index in [9.17, 15) is 9.59 Å². The molecule has 3 N–H and O–H groups in total. The Balaban J connectivity index is 2.18. The lowest BCUT2D eigenvalue weighted by Gasteiger charge is -2.15. The Kier molecular flexibility index (Phi) is 5.25. The van der Waals surface area contributed by atoms with Crippen molar-refractivity contribution in [3.63, 3.8) is 0 Å². The van der Waals surface area contributed by atoms with E-state index in [0.29, 0.717) is 19.6 Å². The fraction of sp³-hybridized carbons (Fsp3) is 0.818. The maximum Gasteiger partial charge on any atom is 0.308 e. The first-order valence-corrected chi connectivity index (χ1v) is 5.85. The predicted octanol–water partition coefficient (Wildman–Crippen LogP) is 0.439. The summed E-state index contributed by atoms with van der Waals surface area (Å²) in [5.41, 5.74) is 5.38. The summed E-state index contributed by atoms with van der Waals surface area (Å²) in [4.78, 5) is 23.8. The average molecular weight is 228 g/mol. The maximum absolute atomic E-state index is 11.5. The Morgan fingerprint density at radius 2 is 2.06 bits per heavy atom. The van der Waals surface area contributed by atoms with Crippen LogP contribution in [0.4, 0.5) is 0 Å². The molecule has 0 spiro atoms. The second kappa shape index (κ2) is 6.48. The first kappa shape index (κ1) is 13.0. The van der Waals surface area contributed by atoms with Crippen molar-refractivity contribution in [2.24, 2.45) is 11.7 Å². The van der Waals surface area contributed by atoms with Gasteiger partial charge in [0, 0.05) is 19.5 Å². The minimum absolute atomic E-state index is 0.0220. The third kappa shape index (κ3) is 3.81. The van der Waals surface area contributed by atoms with Gasteiger partial charge in [-0.15, -0.1) is 0 Å². The molecule has 1 amide bonds. The molecular formula is C11H20N2O3. The van der Waals surface area contributed by atoms with Crippen LogP contribution in [-0.2, 0) is 9.59 Å². The molecule has 1 aliphatic heterocycles. The van der Waals surface area contributed by atoms with Crippen LogP contribution in [0, 0.1) is 5.92 Å². The molecule has 0 aromatic carbocycles. The SMILES string of the molecule is NCCCCCCN1CC(C(=O)O)CC1=O. The summed E-state index contributed by atoms with van der Waals surface area (Å²) >= 11 is 0. The van der Waals surface area contributed by atoms with E-state index >= 15 is 0 Å². The van der Waals surface area contributed by atoms with E-state index < -0.39 is 11.9 Å². The van der Waals surface area contributed by atoms with Crippen LogP contribution in [0.15, 0.2) is 0 Å². The van der Waals surface area contributed by atoms with Crippen LogP contribution in [0.5, 0.6) is 0 Å². The minimum atomic E-state index is -0.862. The minimum Gasteiger partial charge on any atom is -0.481 e. The zero-order valence-corrected chi connectivity index (χ0v) is 9.52. The first-order chi connectivity index (χ1) is 7.65. The number of rotatable bonds is 7. The molecule has 1 saturated heterocycles. The van der Waals surface area contributed by atoms with Gasteiger partial charge in [-0.25, -0.2) is 0 Å². The van der Waals surface area contributed by atoms with E-state index in [1.165, 1.54) is 0 Å². The molecular weight excluding hydrogens is 208 g/mol. The molecule has 1 atom stereocenters. The van der Waals surface area contributed by atoms with Crippen LogP contribution in [0.3, 0.4) is 0 Å². The van der Waals surface area contributed by atoms with Crippen LogP contribution in [0.1, 0.15) is 32.1 Å². The molecule has 5 heteroatoms. The smallest absolute Gasteiger partial charge is 0.308 e. The summed E-state index contributed by atoms with van der Waals surface area (Å²) in [5, 5.41) is 8.80. The topological polar surface area (TPSA) is 83.6 Å². The molecule has 5 nitrogen and oxygen atoms in total. The van der Waals surface area contributed by atoms with Gasteiger partial charge in [0.15, 0.2) is 0 Å². The number of carbonyl (C=O) groups is 2. The fourth-order valence-corrected chi connectivity index (χ4v) is 1.95. The van der Waals surface area contributed by atoms with Crippen molar-refractivity contribution in [2.45, 2.75) is 32.1 Å². The van der Waals surface area contributed by atoms with E-state index in [2.05, 4.69) is 0 Å². The first-order valence-electron chi connectivity index (χ1n) is 5.85. The van der Waals surface area contributed by atoms with Crippen molar-refractivity contribution in [2.75, 3.05) is 19.6 Å². The van der Waals surface area contributed by atoms with Crippen LogP contribution >= 0.6 is 0 Å². The molecule has 0 aliphatic carbocycles. The summed E-state index contributed by atoms with van der Waals surface area (Å²) < 4.78 is 0. The van der Waals surface area contributed by atoms with Gasteiger partial charge in [0.2, 0.25) is 5.91 Å². The molecule has 0 radical (unpaired) electrons. The molecule has 0 aromatic rings. The van der Waals surface area contributed by atoms with Gasteiger partial charge in [-0.05, 0) is 19.4 Å². The monoisotopic (exact) mass is 228 g/mol. The Bertz CT molecular complexity index is 256. The van der Waals surface area contributed by atoms with Crippen molar-refractivity contribution < 1.29 is 14.7 Å². The quantitative estimate of drug-likeness (QED) is 0.619. The zero-order valence-electron chi connectivity index (χ0n) is 9.52. The van der Waals surface area contributed by atoms with Gasteiger partial charge in [0.25, 0.3) is 0 Å². The number of unbranched alkanes of at least 4 members (excludes halogenated alkanes) is 3. The van der Waals surface area contributed by atoms with Gasteiger partial charge in [0.1, 0.15) is 0 Å². The average Bonchev–Trinajstić information content (AvgIpc) is 2.60. The lowest BCUT2D eigenvalue weighted by atomic mass is 10.1. The molecule has 1 heterocycles. The summed E-state index contributed by atoms with van der Waals surface area (Å²) in [6.07, 6.45) is 4.27. The Morgan fingerprint density at radius 3 is 2.62 bits per heavy atom. The molecule has 1 aliphatic rings. The van der Waals surface area contributed by atoms with E-state index in [0.717, 1.165) is 25.7 Å². The number of carboxylic acids is 1. The van der Waals surface area contributed by atoms with E-state index in [-0.39, 0.29) is 12.3 Å². The number of aliphatic carboxylic acids is 1. The van der Waals surface area contributed by atoms with Crippen molar-refractivity contribution in [3.05, 3.63) is 0 Å². The highest BCUT2D eigenvalue weighted by atomic mass is 16.4. The Morgan fingerprint density at radius 1 is 1.38 bits per heavy atom. The van der Waals surface area contributed by atoms with Gasteiger partial charge in [0.05, 0.1) is 5.92 Å². The number of amides is 1. The third-order valence-corrected chi connectivity index (χ3v) is 2.95. The highest BCUT2D eigenvalue weighted by Crippen LogP contribution is 2.18. The van der Waals surface area contributed by atoms with Gasteiger partial charge in [-0.2, -0.15) is 0 Å². The second-order valence-corrected chi connectivity index (χ2v) is 4.28. The second-order valence-electron chi connectivity index (χ2n) is 4.28. The summed E-state index contributed by atoms with van der Waals surface area (Å²) in [7, 11) is 0. The van der Waals surface area contributed by atoms with Gasteiger partial charge >= 0.3 is 5.97 Å². The normalized spacial score (nSPS) is 20.4. The number of carboxylic acid groups (broad SMARTS) is 1. The van der Waals surface area contributed by atoms with Crippen LogP contribution in [0.25, 0.3) is 0 Å². The predicted molar refractivity (Wildman–Crippen MR) is 59.8 cm³/mol. The van der Waals surface area contributed by atoms with E-state index in [1.54, 1.807) is 4.90 Å². The van der Waals surface area contributed by atoms with Crippen molar-refractivity contribution in [3.8, 4) is 0 Å². The number of nitrogens with two attached hydrogens (primary N) is 1. The number of likely N-dealkylation sites (tertiary alicyclic amines) is 1. The molecule has 1 rings (SSSR count). The van der Waals surface area contributed by atoms with Crippen molar-refractivity contribution in [1.29, 1.82) is 0 Å². The zero-order chi connectivity index (χ0) is 12.0. The molecule has 0 aromatic heterocycles. The highest BCUT2D eigenvalue weighted by Gasteiger charge is 2.33. The largest absolute Gasteiger partial charge is 0.481 e. The van der Waals surface area contributed by atoms with Gasteiger partial charge in [-0.3, -0.25) is 9.59 Å². The summed E-state index contributed by atoms with van der Waals surface area (Å²) in [5.74, 6) is -1.39. The van der Waals surface area contributed by atoms with Crippen LogP contribution in [-0.4, -0.2) is 41.5 Å². The Hall–Kier alpha value is -1.10. The highest BCUT2D eigenvalue weighted by molar-refractivity contribution is 5.86. The fourth-order valence-electron chi connectivity index (χ4n) is 1.95. The van der Waals surface area contributed by atoms with Gasteiger partial charge in [-0.1, -0.05) is 12.8 Å². The molecule has 0 saturated carbocycles. The number of hydrogen-bond acceptors (Lipinski definition) is 3. The van der Waals surface area contributed by atoms with Crippen molar-refractivity contribution >= 4 is 11.9 Å². The summed E-state index contributed by atoms with van der Waals surface area (Å²) in [6, 6.07) is 0. The molecule has 16 heavy (non-hydrogen) atoms. The third-order valence-electron chi connectivity index (χ3n) is 2.95. The molecule has 92 valence electrons. The lowest BCUT2D eigenvalue weighted by molar-refractivity contribution is -0.141. The number of hydrogen-bond donors (Lipinski definition) is 2. The standard InChI is InChI=1S/C11H20N2O3/c12-5-3-1-2-4-6-13-8-9(11(15)16)7-10(13)14/h9H,1-8,12H2,(H,15,16). The van der Waals surface area contributed by atoms with Crippen LogP contribution in [0.2, 0.25) is 0 Å². The number of carbonyl (C=O) groups excluding carboxylic acids is 1. The Labute approximate surface area is 95.6 Å². The molecule has 0 bridgehead atoms.